The Morgan fingerprint density at radius 2 is 2.19 bits per heavy atom. The predicted molar refractivity (Wildman–Crippen MR) is 85.2 cm³/mol. The molecule has 21 heavy (non-hydrogen) atoms. The largest absolute Gasteiger partial charge is 0.468 e. The molecule has 1 aromatic rings. The molecule has 1 aliphatic heterocycles. The number of rotatable bonds is 6. The van der Waals surface area contributed by atoms with E-state index >= 15 is 0 Å². The van der Waals surface area contributed by atoms with Crippen molar-refractivity contribution in [2.45, 2.75) is 57.8 Å². The van der Waals surface area contributed by atoms with E-state index in [9.17, 15) is 0 Å². The molecule has 1 saturated carbocycles. The van der Waals surface area contributed by atoms with Gasteiger partial charge in [-0.05, 0) is 45.3 Å². The zero-order valence-corrected chi connectivity index (χ0v) is 13.5. The van der Waals surface area contributed by atoms with Crippen LogP contribution in [0.15, 0.2) is 16.7 Å². The topological polar surface area (TPSA) is 31.6 Å². The first kappa shape index (κ1) is 15.1. The molecule has 2 aliphatic rings. The standard InChI is InChI=1S/C17H29N3O/c1-3-16-11-19(2)7-4-8-20(16)12-17-9-14(13-21-17)10-18-15-5-6-15/h9,13,15-16,18H,3-8,10-12H2,1-2H3. The number of likely N-dealkylation sites (N-methyl/N-ethyl adjacent to an activating group) is 1. The highest BCUT2D eigenvalue weighted by Gasteiger charge is 2.23. The molecule has 1 atom stereocenters. The van der Waals surface area contributed by atoms with Gasteiger partial charge in [0.25, 0.3) is 0 Å². The lowest BCUT2D eigenvalue weighted by Gasteiger charge is -2.29. The second-order valence-electron chi connectivity index (χ2n) is 6.72. The third kappa shape index (κ3) is 4.31. The summed E-state index contributed by atoms with van der Waals surface area (Å²) in [6.07, 6.45) is 7.06. The van der Waals surface area contributed by atoms with Crippen molar-refractivity contribution in [3.8, 4) is 0 Å². The highest BCUT2D eigenvalue weighted by atomic mass is 16.3. The van der Waals surface area contributed by atoms with Gasteiger partial charge in [-0.2, -0.15) is 0 Å². The fourth-order valence-corrected chi connectivity index (χ4v) is 3.24. The van der Waals surface area contributed by atoms with Crippen LogP contribution >= 0.6 is 0 Å². The Morgan fingerprint density at radius 3 is 2.95 bits per heavy atom. The molecule has 2 fully saturated rings. The average molecular weight is 291 g/mol. The first-order valence-corrected chi connectivity index (χ1v) is 8.47. The van der Waals surface area contributed by atoms with Crippen molar-refractivity contribution >= 4 is 0 Å². The smallest absolute Gasteiger partial charge is 0.118 e. The Bertz CT molecular complexity index is 441. The zero-order valence-electron chi connectivity index (χ0n) is 13.5. The molecular formula is C17H29N3O. The van der Waals surface area contributed by atoms with Gasteiger partial charge in [0.1, 0.15) is 5.76 Å². The lowest BCUT2D eigenvalue weighted by atomic mass is 10.1. The Morgan fingerprint density at radius 1 is 1.33 bits per heavy atom. The molecule has 1 aliphatic carbocycles. The van der Waals surface area contributed by atoms with E-state index in [1.807, 2.05) is 6.26 Å². The molecule has 3 rings (SSSR count). The number of hydrogen-bond donors (Lipinski definition) is 1. The van der Waals surface area contributed by atoms with E-state index in [4.69, 9.17) is 4.42 Å². The van der Waals surface area contributed by atoms with Gasteiger partial charge in [0.2, 0.25) is 0 Å². The van der Waals surface area contributed by atoms with E-state index in [2.05, 4.69) is 35.2 Å². The van der Waals surface area contributed by atoms with Crippen molar-refractivity contribution in [3.63, 3.8) is 0 Å². The number of nitrogens with one attached hydrogen (secondary N) is 1. The first-order valence-electron chi connectivity index (χ1n) is 8.47. The van der Waals surface area contributed by atoms with Gasteiger partial charge >= 0.3 is 0 Å². The number of furan rings is 1. The maximum atomic E-state index is 5.79. The van der Waals surface area contributed by atoms with Gasteiger partial charge in [0.05, 0.1) is 12.8 Å². The first-order chi connectivity index (χ1) is 10.2. The SMILES string of the molecule is CCC1CN(C)CCCN1Cc1cc(CNC2CC2)co1. The second-order valence-corrected chi connectivity index (χ2v) is 6.72. The van der Waals surface area contributed by atoms with Crippen LogP contribution in [-0.4, -0.2) is 48.6 Å². The van der Waals surface area contributed by atoms with Crippen LogP contribution in [0.1, 0.15) is 43.9 Å². The van der Waals surface area contributed by atoms with Gasteiger partial charge in [-0.15, -0.1) is 0 Å². The summed E-state index contributed by atoms with van der Waals surface area (Å²) >= 11 is 0. The lowest BCUT2D eigenvalue weighted by Crippen LogP contribution is -2.39. The van der Waals surface area contributed by atoms with Gasteiger partial charge in [-0.3, -0.25) is 4.90 Å². The monoisotopic (exact) mass is 291 g/mol. The summed E-state index contributed by atoms with van der Waals surface area (Å²) < 4.78 is 5.79. The van der Waals surface area contributed by atoms with Crippen molar-refractivity contribution in [1.82, 2.24) is 15.1 Å². The second kappa shape index (κ2) is 6.95. The van der Waals surface area contributed by atoms with Gasteiger partial charge in [-0.1, -0.05) is 6.92 Å². The molecule has 0 amide bonds. The van der Waals surface area contributed by atoms with Gasteiger partial charge < -0.3 is 14.6 Å². The van der Waals surface area contributed by atoms with Crippen LogP contribution in [0.5, 0.6) is 0 Å². The molecule has 1 saturated heterocycles. The molecule has 1 aromatic heterocycles. The molecule has 4 nitrogen and oxygen atoms in total. The fourth-order valence-electron chi connectivity index (χ4n) is 3.24. The van der Waals surface area contributed by atoms with Crippen LogP contribution < -0.4 is 5.32 Å². The molecule has 0 aromatic carbocycles. The van der Waals surface area contributed by atoms with Crippen LogP contribution in [0.3, 0.4) is 0 Å². The highest BCUT2D eigenvalue weighted by Crippen LogP contribution is 2.21. The normalized spacial score (nSPS) is 25.1. The zero-order chi connectivity index (χ0) is 14.7. The maximum absolute atomic E-state index is 5.79. The fraction of sp³-hybridized carbons (Fsp3) is 0.765. The van der Waals surface area contributed by atoms with Crippen molar-refractivity contribution < 1.29 is 4.42 Å². The van der Waals surface area contributed by atoms with Crippen molar-refractivity contribution in [2.24, 2.45) is 0 Å². The predicted octanol–water partition coefficient (Wildman–Crippen LogP) is 2.45. The van der Waals surface area contributed by atoms with Crippen LogP contribution in [0.4, 0.5) is 0 Å². The van der Waals surface area contributed by atoms with E-state index in [-0.39, 0.29) is 0 Å². The van der Waals surface area contributed by atoms with E-state index in [1.54, 1.807) is 0 Å². The quantitative estimate of drug-likeness (QED) is 0.872. The Balaban J connectivity index is 1.55. The Labute approximate surface area is 128 Å². The summed E-state index contributed by atoms with van der Waals surface area (Å²) in [5.41, 5.74) is 1.29. The Kier molecular flexibility index (Phi) is 4.99. The number of hydrogen-bond acceptors (Lipinski definition) is 4. The third-order valence-electron chi connectivity index (χ3n) is 4.73. The third-order valence-corrected chi connectivity index (χ3v) is 4.73. The molecule has 4 heteroatoms. The molecule has 0 spiro atoms. The van der Waals surface area contributed by atoms with Crippen LogP contribution in [0.25, 0.3) is 0 Å². The maximum Gasteiger partial charge on any atom is 0.118 e. The van der Waals surface area contributed by atoms with Crippen LogP contribution in [0.2, 0.25) is 0 Å². The molecule has 1 unspecified atom stereocenters. The van der Waals surface area contributed by atoms with Crippen LogP contribution in [0, 0.1) is 0 Å². The van der Waals surface area contributed by atoms with E-state index in [0.29, 0.717) is 6.04 Å². The molecule has 0 radical (unpaired) electrons. The molecule has 1 N–H and O–H groups in total. The van der Waals surface area contributed by atoms with E-state index in [1.165, 1.54) is 50.9 Å². The van der Waals surface area contributed by atoms with E-state index < -0.39 is 0 Å². The van der Waals surface area contributed by atoms with Gasteiger partial charge in [-0.25, -0.2) is 0 Å². The van der Waals surface area contributed by atoms with E-state index in [0.717, 1.165) is 24.9 Å². The minimum absolute atomic E-state index is 0.649. The lowest BCUT2D eigenvalue weighted by molar-refractivity contribution is 0.164. The van der Waals surface area contributed by atoms with Gasteiger partial charge in [0.15, 0.2) is 0 Å². The summed E-state index contributed by atoms with van der Waals surface area (Å²) in [5.74, 6) is 1.12. The summed E-state index contributed by atoms with van der Waals surface area (Å²) in [6, 6.07) is 3.64. The highest BCUT2D eigenvalue weighted by molar-refractivity contribution is 5.13. The minimum Gasteiger partial charge on any atom is -0.468 e. The number of nitrogens with zero attached hydrogens (tertiary/aromatic N) is 2. The summed E-state index contributed by atoms with van der Waals surface area (Å²) in [7, 11) is 2.24. The summed E-state index contributed by atoms with van der Waals surface area (Å²) in [4.78, 5) is 5.06. The molecule has 118 valence electrons. The molecule has 2 heterocycles. The molecular weight excluding hydrogens is 262 g/mol. The Hall–Kier alpha value is -0.840. The van der Waals surface area contributed by atoms with Crippen molar-refractivity contribution in [2.75, 3.05) is 26.7 Å². The summed E-state index contributed by atoms with van der Waals surface area (Å²) in [5, 5.41) is 3.55. The van der Waals surface area contributed by atoms with Crippen LogP contribution in [-0.2, 0) is 13.1 Å². The van der Waals surface area contributed by atoms with Crippen molar-refractivity contribution in [3.05, 3.63) is 23.7 Å². The van der Waals surface area contributed by atoms with Gasteiger partial charge in [0, 0.05) is 37.3 Å². The minimum atomic E-state index is 0.649. The summed E-state index contributed by atoms with van der Waals surface area (Å²) in [6.45, 7) is 7.77. The average Bonchev–Trinajstić information content (AvgIpc) is 3.23. The molecule has 0 bridgehead atoms. The van der Waals surface area contributed by atoms with Crippen molar-refractivity contribution in [1.29, 1.82) is 0 Å².